The smallest absolute Gasteiger partial charge is 0.261 e. The molecular weight excluding hydrogens is 420 g/mol. The Balaban J connectivity index is 1.28. The van der Waals surface area contributed by atoms with Crippen molar-refractivity contribution in [2.45, 2.75) is 26.4 Å². The van der Waals surface area contributed by atoms with Crippen LogP contribution in [0.4, 0.5) is 0 Å². The lowest BCUT2D eigenvalue weighted by atomic mass is 10.0. The molecule has 0 N–H and O–H groups in total. The predicted octanol–water partition coefficient (Wildman–Crippen LogP) is 2.67. The highest BCUT2D eigenvalue weighted by Crippen LogP contribution is 2.33. The van der Waals surface area contributed by atoms with Crippen LogP contribution in [0.1, 0.15) is 25.5 Å². The maximum absolute atomic E-state index is 13.5. The zero-order valence-corrected chi connectivity index (χ0v) is 18.9. The van der Waals surface area contributed by atoms with Crippen molar-refractivity contribution in [3.63, 3.8) is 0 Å². The Labute approximate surface area is 192 Å². The van der Waals surface area contributed by atoms with Gasteiger partial charge in [-0.1, -0.05) is 32.0 Å². The molecule has 1 atom stereocenters. The van der Waals surface area contributed by atoms with E-state index < -0.39 is 6.04 Å². The van der Waals surface area contributed by atoms with Crippen LogP contribution in [0.5, 0.6) is 11.5 Å². The highest BCUT2D eigenvalue weighted by molar-refractivity contribution is 5.82. The van der Waals surface area contributed by atoms with Gasteiger partial charge in [0.15, 0.2) is 11.5 Å². The zero-order valence-electron chi connectivity index (χ0n) is 18.9. The van der Waals surface area contributed by atoms with Gasteiger partial charge in [-0.3, -0.25) is 19.1 Å². The molecule has 1 fully saturated rings. The van der Waals surface area contributed by atoms with Crippen LogP contribution in [-0.2, 0) is 11.3 Å². The predicted molar refractivity (Wildman–Crippen MR) is 124 cm³/mol. The van der Waals surface area contributed by atoms with Crippen molar-refractivity contribution >= 4 is 16.8 Å². The fourth-order valence-corrected chi connectivity index (χ4v) is 4.62. The van der Waals surface area contributed by atoms with Gasteiger partial charge in [0.2, 0.25) is 12.7 Å². The van der Waals surface area contributed by atoms with Gasteiger partial charge in [-0.05, 0) is 35.7 Å². The van der Waals surface area contributed by atoms with Gasteiger partial charge >= 0.3 is 0 Å². The Morgan fingerprint density at radius 3 is 2.58 bits per heavy atom. The number of piperazine rings is 1. The molecule has 3 aromatic rings. The first-order chi connectivity index (χ1) is 16.0. The maximum atomic E-state index is 13.5. The van der Waals surface area contributed by atoms with Crippen LogP contribution < -0.4 is 15.0 Å². The van der Waals surface area contributed by atoms with Gasteiger partial charge in [0.05, 0.1) is 17.2 Å². The SMILES string of the molecule is CC(C)C(C(=O)N1CCN(Cc2ccc3c(c2)OCO3)CC1)n1cnc2ccccc2c1=O. The second-order valence-corrected chi connectivity index (χ2v) is 8.95. The van der Waals surface area contributed by atoms with E-state index >= 15 is 0 Å². The Kier molecular flexibility index (Phi) is 5.76. The first-order valence-electron chi connectivity index (χ1n) is 11.4. The van der Waals surface area contributed by atoms with Crippen molar-refractivity contribution in [1.29, 1.82) is 0 Å². The van der Waals surface area contributed by atoms with Crippen LogP contribution in [0.3, 0.4) is 0 Å². The van der Waals surface area contributed by atoms with Gasteiger partial charge in [0.1, 0.15) is 6.04 Å². The summed E-state index contributed by atoms with van der Waals surface area (Å²) in [6.45, 7) is 7.81. The minimum atomic E-state index is -0.574. The molecule has 0 radical (unpaired) electrons. The number of ether oxygens (including phenoxy) is 2. The molecule has 1 unspecified atom stereocenters. The monoisotopic (exact) mass is 448 g/mol. The summed E-state index contributed by atoms with van der Waals surface area (Å²) in [5, 5.41) is 0.534. The van der Waals surface area contributed by atoms with E-state index in [0.29, 0.717) is 24.0 Å². The first kappa shape index (κ1) is 21.5. The van der Waals surface area contributed by atoms with Crippen LogP contribution in [0.2, 0.25) is 0 Å². The van der Waals surface area contributed by atoms with E-state index in [4.69, 9.17) is 9.47 Å². The average molecular weight is 449 g/mol. The van der Waals surface area contributed by atoms with E-state index in [2.05, 4.69) is 16.0 Å². The molecular formula is C25H28N4O4. The van der Waals surface area contributed by atoms with Gasteiger partial charge in [-0.2, -0.15) is 0 Å². The van der Waals surface area contributed by atoms with Gasteiger partial charge in [-0.15, -0.1) is 0 Å². The zero-order chi connectivity index (χ0) is 22.9. The molecule has 0 spiro atoms. The van der Waals surface area contributed by atoms with Crippen molar-refractivity contribution in [3.8, 4) is 11.5 Å². The number of amides is 1. The van der Waals surface area contributed by atoms with Crippen molar-refractivity contribution in [3.05, 3.63) is 64.7 Å². The van der Waals surface area contributed by atoms with E-state index in [-0.39, 0.29) is 24.2 Å². The molecule has 2 aromatic carbocycles. The molecule has 5 rings (SSSR count). The number of carbonyl (C=O) groups excluding carboxylic acids is 1. The molecule has 1 saturated heterocycles. The number of benzene rings is 2. The van der Waals surface area contributed by atoms with Gasteiger partial charge in [0, 0.05) is 32.7 Å². The number of hydrogen-bond donors (Lipinski definition) is 0. The van der Waals surface area contributed by atoms with Gasteiger partial charge in [-0.25, -0.2) is 4.98 Å². The number of fused-ring (bicyclic) bond motifs is 2. The van der Waals surface area contributed by atoms with E-state index in [0.717, 1.165) is 36.7 Å². The molecule has 0 bridgehead atoms. The quantitative estimate of drug-likeness (QED) is 0.597. The second-order valence-electron chi connectivity index (χ2n) is 8.95. The summed E-state index contributed by atoms with van der Waals surface area (Å²) >= 11 is 0. The topological polar surface area (TPSA) is 76.9 Å². The van der Waals surface area contributed by atoms with Crippen molar-refractivity contribution in [2.75, 3.05) is 33.0 Å². The summed E-state index contributed by atoms with van der Waals surface area (Å²) in [5.41, 5.74) is 1.63. The molecule has 172 valence electrons. The minimum Gasteiger partial charge on any atom is -0.454 e. The first-order valence-corrected chi connectivity index (χ1v) is 11.4. The minimum absolute atomic E-state index is 0.0214. The summed E-state index contributed by atoms with van der Waals surface area (Å²) < 4.78 is 12.4. The fourth-order valence-electron chi connectivity index (χ4n) is 4.62. The number of carbonyl (C=O) groups is 1. The van der Waals surface area contributed by atoms with E-state index in [1.807, 2.05) is 49.1 Å². The van der Waals surface area contributed by atoms with Crippen LogP contribution in [0.25, 0.3) is 10.9 Å². The molecule has 1 amide bonds. The maximum Gasteiger partial charge on any atom is 0.261 e. The molecule has 2 aliphatic rings. The third-order valence-corrected chi connectivity index (χ3v) is 6.40. The van der Waals surface area contributed by atoms with Crippen LogP contribution in [0.15, 0.2) is 53.6 Å². The second kappa shape index (κ2) is 8.86. The normalized spacial score (nSPS) is 17.0. The lowest BCUT2D eigenvalue weighted by molar-refractivity contribution is -0.138. The number of rotatable bonds is 5. The third-order valence-electron chi connectivity index (χ3n) is 6.40. The summed E-state index contributed by atoms with van der Waals surface area (Å²) in [5.74, 6) is 1.51. The molecule has 0 aliphatic carbocycles. The van der Waals surface area contributed by atoms with Crippen LogP contribution in [0, 0.1) is 5.92 Å². The number of nitrogens with zero attached hydrogens (tertiary/aromatic N) is 4. The number of para-hydroxylation sites is 1. The van der Waals surface area contributed by atoms with Gasteiger partial charge < -0.3 is 14.4 Å². The Bertz CT molecular complexity index is 1230. The summed E-state index contributed by atoms with van der Waals surface area (Å²) in [6.07, 6.45) is 1.52. The van der Waals surface area contributed by atoms with Crippen LogP contribution >= 0.6 is 0 Å². The highest BCUT2D eigenvalue weighted by Gasteiger charge is 2.32. The van der Waals surface area contributed by atoms with Crippen molar-refractivity contribution in [2.24, 2.45) is 5.92 Å². The van der Waals surface area contributed by atoms with Crippen LogP contribution in [-0.4, -0.2) is 58.2 Å². The fraction of sp³-hybridized carbons (Fsp3) is 0.400. The Hall–Kier alpha value is -3.39. The Morgan fingerprint density at radius 2 is 1.79 bits per heavy atom. The lowest BCUT2D eigenvalue weighted by Gasteiger charge is -2.37. The molecule has 2 aliphatic heterocycles. The van der Waals surface area contributed by atoms with E-state index in [9.17, 15) is 9.59 Å². The molecule has 1 aromatic heterocycles. The summed E-state index contributed by atoms with van der Waals surface area (Å²) in [4.78, 5) is 35.3. The van der Waals surface area contributed by atoms with E-state index in [1.165, 1.54) is 10.9 Å². The molecule has 3 heterocycles. The average Bonchev–Trinajstić information content (AvgIpc) is 3.29. The highest BCUT2D eigenvalue weighted by atomic mass is 16.7. The summed E-state index contributed by atoms with van der Waals surface area (Å²) in [7, 11) is 0. The van der Waals surface area contributed by atoms with Crippen molar-refractivity contribution in [1.82, 2.24) is 19.4 Å². The van der Waals surface area contributed by atoms with E-state index in [1.54, 1.807) is 6.07 Å². The molecule has 0 saturated carbocycles. The third kappa shape index (κ3) is 4.18. The molecule has 8 heteroatoms. The lowest BCUT2D eigenvalue weighted by Crippen LogP contribution is -2.51. The molecule has 33 heavy (non-hydrogen) atoms. The van der Waals surface area contributed by atoms with Crippen molar-refractivity contribution < 1.29 is 14.3 Å². The largest absolute Gasteiger partial charge is 0.454 e. The number of hydrogen-bond acceptors (Lipinski definition) is 6. The Morgan fingerprint density at radius 1 is 1.03 bits per heavy atom. The molecule has 8 nitrogen and oxygen atoms in total. The number of aromatic nitrogens is 2. The summed E-state index contributed by atoms with van der Waals surface area (Å²) in [6, 6.07) is 12.7. The van der Waals surface area contributed by atoms with Gasteiger partial charge in [0.25, 0.3) is 5.56 Å². The standard InChI is InChI=1S/C25H28N4O4/c1-17(2)23(29-15-26-20-6-4-3-5-19(20)24(29)30)25(31)28-11-9-27(10-12-28)14-18-7-8-21-22(13-18)33-16-32-21/h3-8,13,15,17,23H,9-12,14,16H2,1-2H3.